The molecular formula is C15H10ClNO3S. The minimum atomic E-state index is -1.02. The first-order valence-electron chi connectivity index (χ1n) is 6.09. The molecule has 2 heterocycles. The zero-order valence-corrected chi connectivity index (χ0v) is 12.5. The van der Waals surface area contributed by atoms with E-state index in [2.05, 4.69) is 4.98 Å². The maximum Gasteiger partial charge on any atom is 0.338 e. The van der Waals surface area contributed by atoms with E-state index in [0.29, 0.717) is 16.5 Å². The van der Waals surface area contributed by atoms with Gasteiger partial charge in [0, 0.05) is 22.0 Å². The summed E-state index contributed by atoms with van der Waals surface area (Å²) in [5.74, 6) is -0.584. The Balaban J connectivity index is 1.95. The number of rotatable bonds is 3. The minimum Gasteiger partial charge on any atom is -0.478 e. The van der Waals surface area contributed by atoms with Gasteiger partial charge in [-0.15, -0.1) is 11.3 Å². The molecule has 0 saturated heterocycles. The lowest BCUT2D eigenvalue weighted by Crippen LogP contribution is -1.91. The molecule has 0 aliphatic carbocycles. The third-order valence-corrected chi connectivity index (χ3v) is 4.32. The predicted octanol–water partition coefficient (Wildman–Crippen LogP) is 4.73. The Labute approximate surface area is 129 Å². The largest absolute Gasteiger partial charge is 0.478 e. The molecule has 0 radical (unpaired) electrons. The number of aromatic carboxylic acids is 1. The molecule has 6 heteroatoms. The average Bonchev–Trinajstić information content (AvgIpc) is 3.09. The summed E-state index contributed by atoms with van der Waals surface area (Å²) in [6.07, 6.45) is 1.21. The summed E-state index contributed by atoms with van der Waals surface area (Å²) < 4.78 is 5.24. The Morgan fingerprint density at radius 3 is 2.86 bits per heavy atom. The van der Waals surface area contributed by atoms with Crippen LogP contribution in [-0.4, -0.2) is 16.1 Å². The number of carbonyl (C=O) groups is 1. The molecule has 4 nitrogen and oxygen atoms in total. The molecule has 21 heavy (non-hydrogen) atoms. The van der Waals surface area contributed by atoms with Crippen LogP contribution in [0.1, 0.15) is 15.9 Å². The SMILES string of the molecule is Cc1ccc(-c2nc(-c3cc(C(=O)O)co3)cs2)cc1Cl. The molecule has 3 aromatic rings. The number of hydrogen-bond donors (Lipinski definition) is 1. The topological polar surface area (TPSA) is 63.3 Å². The summed E-state index contributed by atoms with van der Waals surface area (Å²) in [5.41, 5.74) is 2.65. The van der Waals surface area contributed by atoms with Gasteiger partial charge in [-0.2, -0.15) is 0 Å². The fourth-order valence-corrected chi connectivity index (χ4v) is 2.81. The smallest absolute Gasteiger partial charge is 0.338 e. The van der Waals surface area contributed by atoms with Crippen molar-refractivity contribution in [2.24, 2.45) is 0 Å². The number of carboxylic acids is 1. The Bertz CT molecular complexity index is 822. The molecule has 0 saturated carbocycles. The third-order valence-electron chi connectivity index (χ3n) is 3.02. The van der Waals surface area contributed by atoms with E-state index in [1.165, 1.54) is 23.7 Å². The van der Waals surface area contributed by atoms with Crippen molar-refractivity contribution >= 4 is 28.9 Å². The van der Waals surface area contributed by atoms with Crippen LogP contribution >= 0.6 is 22.9 Å². The Morgan fingerprint density at radius 1 is 1.38 bits per heavy atom. The van der Waals surface area contributed by atoms with Gasteiger partial charge in [0.15, 0.2) is 5.76 Å². The number of hydrogen-bond acceptors (Lipinski definition) is 4. The molecule has 0 fully saturated rings. The first-order valence-corrected chi connectivity index (χ1v) is 7.34. The fraction of sp³-hybridized carbons (Fsp3) is 0.0667. The molecule has 0 spiro atoms. The maximum absolute atomic E-state index is 10.8. The summed E-state index contributed by atoms with van der Waals surface area (Å²) in [6, 6.07) is 7.22. The number of nitrogens with zero attached hydrogens (tertiary/aromatic N) is 1. The minimum absolute atomic E-state index is 0.109. The molecule has 0 amide bonds. The van der Waals surface area contributed by atoms with Gasteiger partial charge in [0.1, 0.15) is 17.0 Å². The van der Waals surface area contributed by atoms with Gasteiger partial charge in [0.25, 0.3) is 0 Å². The van der Waals surface area contributed by atoms with Crippen LogP contribution in [-0.2, 0) is 0 Å². The van der Waals surface area contributed by atoms with E-state index in [-0.39, 0.29) is 5.56 Å². The Kier molecular flexibility index (Phi) is 3.53. The third kappa shape index (κ3) is 2.70. The van der Waals surface area contributed by atoms with Gasteiger partial charge in [-0.05, 0) is 18.6 Å². The first kappa shape index (κ1) is 13.9. The van der Waals surface area contributed by atoms with E-state index in [9.17, 15) is 4.79 Å². The van der Waals surface area contributed by atoms with Gasteiger partial charge in [-0.25, -0.2) is 9.78 Å². The van der Waals surface area contributed by atoms with Crippen LogP contribution in [0.15, 0.2) is 40.3 Å². The van der Waals surface area contributed by atoms with Crippen molar-refractivity contribution in [2.75, 3.05) is 0 Å². The second-order valence-corrected chi connectivity index (χ2v) is 5.77. The van der Waals surface area contributed by atoms with Crippen molar-refractivity contribution in [1.82, 2.24) is 4.98 Å². The summed E-state index contributed by atoms with van der Waals surface area (Å²) in [5, 5.41) is 12.2. The number of aromatic nitrogens is 1. The highest BCUT2D eigenvalue weighted by atomic mass is 35.5. The van der Waals surface area contributed by atoms with Gasteiger partial charge < -0.3 is 9.52 Å². The lowest BCUT2D eigenvalue weighted by Gasteiger charge is -2.00. The van der Waals surface area contributed by atoms with Gasteiger partial charge in [-0.1, -0.05) is 23.7 Å². The molecule has 0 bridgehead atoms. The van der Waals surface area contributed by atoms with Crippen LogP contribution in [0.4, 0.5) is 0 Å². The fourth-order valence-electron chi connectivity index (χ4n) is 1.83. The van der Waals surface area contributed by atoms with E-state index in [1.807, 2.05) is 30.5 Å². The zero-order chi connectivity index (χ0) is 15.0. The van der Waals surface area contributed by atoms with E-state index < -0.39 is 5.97 Å². The highest BCUT2D eigenvalue weighted by Crippen LogP contribution is 2.31. The molecule has 1 aromatic carbocycles. The van der Waals surface area contributed by atoms with Gasteiger partial charge in [-0.3, -0.25) is 0 Å². The van der Waals surface area contributed by atoms with Crippen LogP contribution < -0.4 is 0 Å². The van der Waals surface area contributed by atoms with E-state index in [0.717, 1.165) is 16.1 Å². The quantitative estimate of drug-likeness (QED) is 0.758. The van der Waals surface area contributed by atoms with Crippen LogP contribution in [0, 0.1) is 6.92 Å². The number of halogens is 1. The second-order valence-electron chi connectivity index (χ2n) is 4.51. The summed E-state index contributed by atoms with van der Waals surface area (Å²) >= 11 is 7.57. The number of aryl methyl sites for hydroxylation is 1. The predicted molar refractivity (Wildman–Crippen MR) is 82.0 cm³/mol. The Hall–Kier alpha value is -2.11. The van der Waals surface area contributed by atoms with Crippen molar-refractivity contribution in [3.05, 3.63) is 52.1 Å². The Morgan fingerprint density at radius 2 is 2.19 bits per heavy atom. The summed E-state index contributed by atoms with van der Waals surface area (Å²) in [6.45, 7) is 1.94. The maximum atomic E-state index is 10.8. The van der Waals surface area contributed by atoms with Crippen molar-refractivity contribution in [3.8, 4) is 22.0 Å². The monoisotopic (exact) mass is 319 g/mol. The van der Waals surface area contributed by atoms with Gasteiger partial charge >= 0.3 is 5.97 Å². The highest BCUT2D eigenvalue weighted by Gasteiger charge is 2.13. The molecule has 0 unspecified atom stereocenters. The molecule has 0 aliphatic rings. The first-order chi connectivity index (χ1) is 10.0. The summed E-state index contributed by atoms with van der Waals surface area (Å²) in [7, 11) is 0. The highest BCUT2D eigenvalue weighted by molar-refractivity contribution is 7.13. The van der Waals surface area contributed by atoms with Crippen LogP contribution in [0.3, 0.4) is 0 Å². The molecule has 0 aliphatic heterocycles. The van der Waals surface area contributed by atoms with E-state index in [4.69, 9.17) is 21.1 Å². The molecule has 3 rings (SSSR count). The molecular weight excluding hydrogens is 310 g/mol. The summed E-state index contributed by atoms with van der Waals surface area (Å²) in [4.78, 5) is 15.3. The molecule has 106 valence electrons. The normalized spacial score (nSPS) is 10.8. The van der Waals surface area contributed by atoms with Crippen LogP contribution in [0.5, 0.6) is 0 Å². The number of carboxylic acid groups (broad SMARTS) is 1. The van der Waals surface area contributed by atoms with Crippen LogP contribution in [0.2, 0.25) is 5.02 Å². The molecule has 1 N–H and O–H groups in total. The zero-order valence-electron chi connectivity index (χ0n) is 11.0. The lowest BCUT2D eigenvalue weighted by molar-refractivity contribution is 0.0696. The van der Waals surface area contributed by atoms with Gasteiger partial charge in [0.2, 0.25) is 0 Å². The molecule has 2 aromatic heterocycles. The number of thiazole rings is 1. The van der Waals surface area contributed by atoms with Crippen molar-refractivity contribution in [3.63, 3.8) is 0 Å². The van der Waals surface area contributed by atoms with E-state index >= 15 is 0 Å². The van der Waals surface area contributed by atoms with Crippen LogP contribution in [0.25, 0.3) is 22.0 Å². The van der Waals surface area contributed by atoms with Gasteiger partial charge in [0.05, 0.1) is 5.56 Å². The number of furan rings is 1. The standard InChI is InChI=1S/C15H10ClNO3S/c1-8-2-3-9(4-11(8)16)14-17-12(7-21-14)13-5-10(6-20-13)15(18)19/h2-7H,1H3,(H,18,19). The lowest BCUT2D eigenvalue weighted by atomic mass is 10.1. The second kappa shape index (κ2) is 5.35. The van der Waals surface area contributed by atoms with Crippen molar-refractivity contribution in [1.29, 1.82) is 0 Å². The number of benzene rings is 1. The average molecular weight is 320 g/mol. The van der Waals surface area contributed by atoms with Crippen molar-refractivity contribution in [2.45, 2.75) is 6.92 Å². The molecule has 0 atom stereocenters. The van der Waals surface area contributed by atoms with E-state index in [1.54, 1.807) is 0 Å². The van der Waals surface area contributed by atoms with Crippen molar-refractivity contribution < 1.29 is 14.3 Å².